The fourth-order valence-electron chi connectivity index (χ4n) is 1.20. The molecular formula is C9H7F2N3. The zero-order valence-corrected chi connectivity index (χ0v) is 7.41. The monoisotopic (exact) mass is 195 g/mol. The molecule has 0 atom stereocenters. The van der Waals surface area contributed by atoms with Crippen molar-refractivity contribution < 1.29 is 8.78 Å². The molecule has 0 aliphatic rings. The molecule has 0 unspecified atom stereocenters. The Balaban J connectivity index is 2.62. The van der Waals surface area contributed by atoms with Crippen molar-refractivity contribution >= 4 is 0 Å². The van der Waals surface area contributed by atoms with Crippen LogP contribution in [0.2, 0.25) is 0 Å². The summed E-state index contributed by atoms with van der Waals surface area (Å²) in [6.07, 6.45) is 1.43. The Kier molecular flexibility index (Phi) is 1.99. The van der Waals surface area contributed by atoms with Gasteiger partial charge < -0.3 is 4.57 Å². The van der Waals surface area contributed by atoms with Crippen molar-refractivity contribution in [2.24, 2.45) is 7.05 Å². The summed E-state index contributed by atoms with van der Waals surface area (Å²) in [5, 5.41) is 7.29. The number of nitrogens with zero attached hydrogens (tertiary/aromatic N) is 3. The number of rotatable bonds is 1. The number of hydrogen-bond acceptors (Lipinski definition) is 2. The van der Waals surface area contributed by atoms with Gasteiger partial charge in [-0.3, -0.25) is 0 Å². The smallest absolute Gasteiger partial charge is 0.166 e. The largest absolute Gasteiger partial charge is 0.317 e. The average molecular weight is 195 g/mol. The molecule has 0 spiro atoms. The Morgan fingerprint density at radius 3 is 2.71 bits per heavy atom. The van der Waals surface area contributed by atoms with Gasteiger partial charge in [-0.05, 0) is 18.2 Å². The average Bonchev–Trinajstić information content (AvgIpc) is 2.56. The van der Waals surface area contributed by atoms with Crippen LogP contribution in [-0.2, 0) is 7.05 Å². The molecule has 0 aliphatic heterocycles. The van der Waals surface area contributed by atoms with Crippen LogP contribution in [0.5, 0.6) is 0 Å². The van der Waals surface area contributed by atoms with E-state index in [9.17, 15) is 8.78 Å². The fraction of sp³-hybridized carbons (Fsp3) is 0.111. The van der Waals surface area contributed by atoms with Gasteiger partial charge in [-0.15, -0.1) is 10.2 Å². The highest BCUT2D eigenvalue weighted by Gasteiger charge is 2.10. The molecule has 1 aromatic carbocycles. The van der Waals surface area contributed by atoms with Crippen LogP contribution in [-0.4, -0.2) is 14.8 Å². The molecule has 0 saturated carbocycles. The van der Waals surface area contributed by atoms with Crippen molar-refractivity contribution in [2.75, 3.05) is 0 Å². The van der Waals surface area contributed by atoms with E-state index in [2.05, 4.69) is 10.2 Å². The number of halogens is 2. The Hall–Kier alpha value is -1.78. The minimum Gasteiger partial charge on any atom is -0.317 e. The normalized spacial score (nSPS) is 10.5. The minimum absolute atomic E-state index is 0.116. The predicted octanol–water partition coefficient (Wildman–Crippen LogP) is 1.76. The van der Waals surface area contributed by atoms with E-state index in [0.717, 1.165) is 18.2 Å². The van der Waals surface area contributed by atoms with Gasteiger partial charge in [0.15, 0.2) is 5.82 Å². The van der Waals surface area contributed by atoms with Gasteiger partial charge in [0.25, 0.3) is 0 Å². The quantitative estimate of drug-likeness (QED) is 0.694. The van der Waals surface area contributed by atoms with Gasteiger partial charge >= 0.3 is 0 Å². The molecule has 2 rings (SSSR count). The van der Waals surface area contributed by atoms with Crippen molar-refractivity contribution in [2.45, 2.75) is 0 Å². The highest BCUT2D eigenvalue weighted by atomic mass is 19.1. The van der Waals surface area contributed by atoms with E-state index >= 15 is 0 Å². The first-order chi connectivity index (χ1) is 6.68. The molecule has 0 bridgehead atoms. The summed E-state index contributed by atoms with van der Waals surface area (Å²) >= 11 is 0. The van der Waals surface area contributed by atoms with E-state index in [1.54, 1.807) is 7.05 Å². The molecule has 0 fully saturated rings. The van der Waals surface area contributed by atoms with Crippen LogP contribution >= 0.6 is 0 Å². The lowest BCUT2D eigenvalue weighted by molar-refractivity contribution is 0.601. The first kappa shape index (κ1) is 8.80. The second-order valence-electron chi connectivity index (χ2n) is 2.89. The fourth-order valence-corrected chi connectivity index (χ4v) is 1.20. The van der Waals surface area contributed by atoms with E-state index < -0.39 is 11.6 Å². The van der Waals surface area contributed by atoms with Gasteiger partial charge in [0.2, 0.25) is 0 Å². The maximum Gasteiger partial charge on any atom is 0.166 e. The van der Waals surface area contributed by atoms with Crippen LogP contribution in [0.4, 0.5) is 8.78 Å². The third-order valence-corrected chi connectivity index (χ3v) is 1.88. The maximum atomic E-state index is 13.3. The summed E-state index contributed by atoms with van der Waals surface area (Å²) in [7, 11) is 1.67. The van der Waals surface area contributed by atoms with Crippen molar-refractivity contribution in [3.8, 4) is 11.4 Å². The van der Waals surface area contributed by atoms with Gasteiger partial charge in [0.1, 0.15) is 18.0 Å². The molecule has 3 nitrogen and oxygen atoms in total. The summed E-state index contributed by atoms with van der Waals surface area (Å²) in [5.41, 5.74) is 0.116. The molecule has 0 aliphatic carbocycles. The molecule has 0 radical (unpaired) electrons. The number of aromatic nitrogens is 3. The summed E-state index contributed by atoms with van der Waals surface area (Å²) in [6.45, 7) is 0. The molecule has 0 N–H and O–H groups in total. The van der Waals surface area contributed by atoms with Crippen LogP contribution < -0.4 is 0 Å². The van der Waals surface area contributed by atoms with Crippen molar-refractivity contribution in [3.63, 3.8) is 0 Å². The second kappa shape index (κ2) is 3.17. The number of aryl methyl sites for hydroxylation is 1. The molecule has 14 heavy (non-hydrogen) atoms. The molecular weight excluding hydrogens is 188 g/mol. The minimum atomic E-state index is -0.512. The lowest BCUT2D eigenvalue weighted by Crippen LogP contribution is -1.94. The maximum absolute atomic E-state index is 13.3. The molecule has 1 heterocycles. The van der Waals surface area contributed by atoms with Crippen LogP contribution in [0, 0.1) is 11.6 Å². The number of hydrogen-bond donors (Lipinski definition) is 0. The molecule has 1 aromatic heterocycles. The summed E-state index contributed by atoms with van der Waals surface area (Å²) < 4.78 is 27.6. The van der Waals surface area contributed by atoms with Crippen LogP contribution in [0.3, 0.4) is 0 Å². The Morgan fingerprint density at radius 2 is 2.07 bits per heavy atom. The van der Waals surface area contributed by atoms with E-state index in [4.69, 9.17) is 0 Å². The molecule has 0 amide bonds. The Bertz CT molecular complexity index is 465. The lowest BCUT2D eigenvalue weighted by Gasteiger charge is -2.01. The molecule has 72 valence electrons. The zero-order valence-electron chi connectivity index (χ0n) is 7.41. The van der Waals surface area contributed by atoms with Crippen molar-refractivity contribution in [3.05, 3.63) is 36.2 Å². The third kappa shape index (κ3) is 1.37. The van der Waals surface area contributed by atoms with E-state index in [1.165, 1.54) is 10.9 Å². The third-order valence-electron chi connectivity index (χ3n) is 1.88. The van der Waals surface area contributed by atoms with Gasteiger partial charge in [-0.25, -0.2) is 8.78 Å². The van der Waals surface area contributed by atoms with Gasteiger partial charge in [0.05, 0.1) is 5.56 Å². The van der Waals surface area contributed by atoms with E-state index in [0.29, 0.717) is 5.82 Å². The first-order valence-corrected chi connectivity index (χ1v) is 3.98. The van der Waals surface area contributed by atoms with Crippen molar-refractivity contribution in [1.82, 2.24) is 14.8 Å². The number of benzene rings is 1. The second-order valence-corrected chi connectivity index (χ2v) is 2.89. The van der Waals surface area contributed by atoms with Gasteiger partial charge in [0, 0.05) is 7.05 Å². The van der Waals surface area contributed by atoms with E-state index in [1.807, 2.05) is 0 Å². The molecule has 0 saturated heterocycles. The Morgan fingerprint density at radius 1 is 1.29 bits per heavy atom. The van der Waals surface area contributed by atoms with Crippen LogP contribution in [0.15, 0.2) is 24.5 Å². The lowest BCUT2D eigenvalue weighted by atomic mass is 10.2. The van der Waals surface area contributed by atoms with Crippen molar-refractivity contribution in [1.29, 1.82) is 0 Å². The highest BCUT2D eigenvalue weighted by Crippen LogP contribution is 2.20. The van der Waals surface area contributed by atoms with Gasteiger partial charge in [-0.2, -0.15) is 0 Å². The summed E-state index contributed by atoms with van der Waals surface area (Å²) in [6, 6.07) is 3.23. The first-order valence-electron chi connectivity index (χ1n) is 3.98. The zero-order chi connectivity index (χ0) is 10.1. The van der Waals surface area contributed by atoms with E-state index in [-0.39, 0.29) is 5.56 Å². The van der Waals surface area contributed by atoms with Crippen LogP contribution in [0.25, 0.3) is 11.4 Å². The SMILES string of the molecule is Cn1cnnc1-c1cc(F)ccc1F. The highest BCUT2D eigenvalue weighted by molar-refractivity contribution is 5.55. The predicted molar refractivity (Wildman–Crippen MR) is 46.4 cm³/mol. The topological polar surface area (TPSA) is 30.7 Å². The molecule has 5 heteroatoms. The molecule has 2 aromatic rings. The van der Waals surface area contributed by atoms with Crippen LogP contribution in [0.1, 0.15) is 0 Å². The van der Waals surface area contributed by atoms with Gasteiger partial charge in [-0.1, -0.05) is 0 Å². The standard InChI is InChI=1S/C9H7F2N3/c1-14-5-12-13-9(14)7-4-6(10)2-3-8(7)11/h2-5H,1H3. The summed E-state index contributed by atoms with van der Waals surface area (Å²) in [5.74, 6) is -0.700. The Labute approximate surface area is 79.0 Å². The summed E-state index contributed by atoms with van der Waals surface area (Å²) in [4.78, 5) is 0.